The summed E-state index contributed by atoms with van der Waals surface area (Å²) in [5.74, 6) is -3.41. The smallest absolute Gasteiger partial charge is 0.285 e. The predicted molar refractivity (Wildman–Crippen MR) is 67.3 cm³/mol. The van der Waals surface area contributed by atoms with Crippen molar-refractivity contribution in [1.29, 1.82) is 0 Å². The second-order valence-electron chi connectivity index (χ2n) is 4.50. The molecule has 1 atom stereocenters. The van der Waals surface area contributed by atoms with E-state index in [4.69, 9.17) is 0 Å². The van der Waals surface area contributed by atoms with Gasteiger partial charge in [-0.1, -0.05) is 12.2 Å². The number of rotatable bonds is 3. The summed E-state index contributed by atoms with van der Waals surface area (Å²) in [6, 6.07) is 0.826. The van der Waals surface area contributed by atoms with E-state index in [-0.39, 0.29) is 6.04 Å². The maximum absolute atomic E-state index is 13.2. The van der Waals surface area contributed by atoms with Crippen LogP contribution < -0.4 is 5.32 Å². The molecular formula is C13H12F2N2O3. The van der Waals surface area contributed by atoms with Crippen molar-refractivity contribution in [2.75, 3.05) is 0 Å². The van der Waals surface area contributed by atoms with E-state index in [2.05, 4.69) is 5.32 Å². The number of hydrogen-bond acceptors (Lipinski definition) is 3. The summed E-state index contributed by atoms with van der Waals surface area (Å²) in [5.41, 5.74) is -1.21. The van der Waals surface area contributed by atoms with E-state index < -0.39 is 33.7 Å². The van der Waals surface area contributed by atoms with Crippen molar-refractivity contribution in [3.05, 3.63) is 51.6 Å². The number of nitro benzene ring substituents is 1. The number of hydrogen-bond donors (Lipinski definition) is 1. The molecule has 0 heterocycles. The first kappa shape index (κ1) is 14.1. The molecule has 7 heteroatoms. The molecule has 0 spiro atoms. The summed E-state index contributed by atoms with van der Waals surface area (Å²) in [4.78, 5) is 21.9. The number of nitro groups is 1. The predicted octanol–water partition coefficient (Wildman–Crippen LogP) is 2.71. The maximum atomic E-state index is 13.2. The van der Waals surface area contributed by atoms with Crippen LogP contribution in [0.15, 0.2) is 24.3 Å². The summed E-state index contributed by atoms with van der Waals surface area (Å²) < 4.78 is 26.2. The first-order valence-electron chi connectivity index (χ1n) is 6.08. The fraction of sp³-hybridized carbons (Fsp3) is 0.308. The Morgan fingerprint density at radius 2 is 2.00 bits per heavy atom. The third kappa shape index (κ3) is 2.98. The summed E-state index contributed by atoms with van der Waals surface area (Å²) in [7, 11) is 0. The standard InChI is InChI=1S/C13H12F2N2O3/c14-10-6-9(12(17(19)20)7-11(10)15)13(18)16-8-4-2-1-3-5-8/h1-2,6-8H,3-5H2,(H,16,18). The maximum Gasteiger partial charge on any atom is 0.285 e. The molecule has 0 fully saturated rings. The van der Waals surface area contributed by atoms with Gasteiger partial charge in [0.15, 0.2) is 11.6 Å². The lowest BCUT2D eigenvalue weighted by Gasteiger charge is -2.19. The van der Waals surface area contributed by atoms with Gasteiger partial charge in [0.1, 0.15) is 5.56 Å². The van der Waals surface area contributed by atoms with E-state index in [1.807, 2.05) is 12.2 Å². The lowest BCUT2D eigenvalue weighted by atomic mass is 10.0. The van der Waals surface area contributed by atoms with Crippen molar-refractivity contribution < 1.29 is 18.5 Å². The van der Waals surface area contributed by atoms with Crippen LogP contribution in [0.5, 0.6) is 0 Å². The molecule has 2 rings (SSSR count). The number of halogens is 2. The van der Waals surface area contributed by atoms with E-state index in [9.17, 15) is 23.7 Å². The molecule has 0 aromatic heterocycles. The number of carbonyl (C=O) groups excluding carboxylic acids is 1. The van der Waals surface area contributed by atoms with Gasteiger partial charge in [-0.25, -0.2) is 8.78 Å². The third-order valence-electron chi connectivity index (χ3n) is 3.08. The van der Waals surface area contributed by atoms with Crippen molar-refractivity contribution in [3.63, 3.8) is 0 Å². The molecule has 0 saturated heterocycles. The van der Waals surface area contributed by atoms with Gasteiger partial charge in [0.25, 0.3) is 11.6 Å². The average molecular weight is 282 g/mol. The topological polar surface area (TPSA) is 72.2 Å². The van der Waals surface area contributed by atoms with Gasteiger partial charge in [-0.15, -0.1) is 0 Å². The molecule has 1 unspecified atom stereocenters. The van der Waals surface area contributed by atoms with Crippen LogP contribution in [0, 0.1) is 21.7 Å². The Bertz CT molecular complexity index is 587. The number of amides is 1. The van der Waals surface area contributed by atoms with Crippen LogP contribution in [-0.2, 0) is 0 Å². The minimum Gasteiger partial charge on any atom is -0.349 e. The molecule has 1 aromatic carbocycles. The van der Waals surface area contributed by atoms with Crippen molar-refractivity contribution in [2.24, 2.45) is 0 Å². The molecule has 1 N–H and O–H groups in total. The lowest BCUT2D eigenvalue weighted by Crippen LogP contribution is -2.35. The van der Waals surface area contributed by atoms with Crippen LogP contribution in [-0.4, -0.2) is 16.9 Å². The Hall–Kier alpha value is -2.31. The van der Waals surface area contributed by atoms with E-state index in [0.29, 0.717) is 25.0 Å². The monoisotopic (exact) mass is 282 g/mol. The minimum atomic E-state index is -1.35. The van der Waals surface area contributed by atoms with Crippen molar-refractivity contribution in [2.45, 2.75) is 25.3 Å². The van der Waals surface area contributed by atoms with E-state index in [0.717, 1.165) is 6.42 Å². The molecule has 106 valence electrons. The summed E-state index contributed by atoms with van der Waals surface area (Å²) >= 11 is 0. The highest BCUT2D eigenvalue weighted by molar-refractivity contribution is 5.98. The minimum absolute atomic E-state index is 0.153. The Balaban J connectivity index is 2.26. The van der Waals surface area contributed by atoms with Gasteiger partial charge in [0, 0.05) is 6.04 Å². The number of allylic oxidation sites excluding steroid dienone is 1. The van der Waals surface area contributed by atoms with Gasteiger partial charge in [0.05, 0.1) is 11.0 Å². The molecule has 0 bridgehead atoms. The Morgan fingerprint density at radius 1 is 1.30 bits per heavy atom. The molecule has 1 aromatic rings. The molecule has 1 aliphatic rings. The number of carbonyl (C=O) groups is 1. The fourth-order valence-electron chi connectivity index (χ4n) is 2.06. The molecule has 20 heavy (non-hydrogen) atoms. The second-order valence-corrected chi connectivity index (χ2v) is 4.50. The normalized spacial score (nSPS) is 17.8. The third-order valence-corrected chi connectivity index (χ3v) is 3.08. The Labute approximate surface area is 113 Å². The zero-order chi connectivity index (χ0) is 14.7. The number of benzene rings is 1. The second kappa shape index (κ2) is 5.77. The SMILES string of the molecule is O=C(NC1CC=CCC1)c1cc(F)c(F)cc1[N+](=O)[O-]. The average Bonchev–Trinajstić information content (AvgIpc) is 2.42. The highest BCUT2D eigenvalue weighted by Gasteiger charge is 2.25. The Kier molecular flexibility index (Phi) is 4.07. The van der Waals surface area contributed by atoms with E-state index in [1.54, 1.807) is 0 Å². The van der Waals surface area contributed by atoms with Crippen LogP contribution in [0.3, 0.4) is 0 Å². The van der Waals surface area contributed by atoms with Crippen LogP contribution in [0.4, 0.5) is 14.5 Å². The molecule has 0 saturated carbocycles. The zero-order valence-electron chi connectivity index (χ0n) is 10.4. The number of nitrogens with zero attached hydrogens (tertiary/aromatic N) is 1. The first-order valence-corrected chi connectivity index (χ1v) is 6.08. The van der Waals surface area contributed by atoms with Gasteiger partial charge in [-0.2, -0.15) is 0 Å². The molecule has 1 aliphatic carbocycles. The molecule has 0 radical (unpaired) electrons. The van der Waals surface area contributed by atoms with Crippen LogP contribution in [0.25, 0.3) is 0 Å². The number of nitrogens with one attached hydrogen (secondary N) is 1. The van der Waals surface area contributed by atoms with E-state index in [1.165, 1.54) is 0 Å². The highest BCUT2D eigenvalue weighted by atomic mass is 19.2. The molecule has 1 amide bonds. The van der Waals surface area contributed by atoms with Gasteiger partial charge in [-0.3, -0.25) is 14.9 Å². The first-order chi connectivity index (χ1) is 9.49. The van der Waals surface area contributed by atoms with Crippen molar-refractivity contribution in [1.82, 2.24) is 5.32 Å². The van der Waals surface area contributed by atoms with Crippen LogP contribution in [0.2, 0.25) is 0 Å². The largest absolute Gasteiger partial charge is 0.349 e. The molecule has 0 aliphatic heterocycles. The molecule has 5 nitrogen and oxygen atoms in total. The fourth-order valence-corrected chi connectivity index (χ4v) is 2.06. The summed E-state index contributed by atoms with van der Waals surface area (Å²) in [5, 5.41) is 13.4. The van der Waals surface area contributed by atoms with Gasteiger partial charge >= 0.3 is 0 Å². The van der Waals surface area contributed by atoms with Crippen LogP contribution >= 0.6 is 0 Å². The zero-order valence-corrected chi connectivity index (χ0v) is 10.4. The quantitative estimate of drug-likeness (QED) is 0.526. The lowest BCUT2D eigenvalue weighted by molar-refractivity contribution is -0.385. The van der Waals surface area contributed by atoms with Crippen molar-refractivity contribution in [3.8, 4) is 0 Å². The van der Waals surface area contributed by atoms with Crippen molar-refractivity contribution >= 4 is 11.6 Å². The van der Waals surface area contributed by atoms with Gasteiger partial charge in [0.2, 0.25) is 0 Å². The Morgan fingerprint density at radius 3 is 2.60 bits per heavy atom. The summed E-state index contributed by atoms with van der Waals surface area (Å²) in [6.07, 6.45) is 5.99. The van der Waals surface area contributed by atoms with Crippen LogP contribution in [0.1, 0.15) is 29.6 Å². The highest BCUT2D eigenvalue weighted by Crippen LogP contribution is 2.23. The van der Waals surface area contributed by atoms with Gasteiger partial charge in [-0.05, 0) is 25.3 Å². The summed E-state index contributed by atoms with van der Waals surface area (Å²) in [6.45, 7) is 0. The van der Waals surface area contributed by atoms with Gasteiger partial charge < -0.3 is 5.32 Å². The molecular weight excluding hydrogens is 270 g/mol. The van der Waals surface area contributed by atoms with E-state index >= 15 is 0 Å².